The van der Waals surface area contributed by atoms with Gasteiger partial charge in [0, 0.05) is 13.1 Å². The predicted octanol–water partition coefficient (Wildman–Crippen LogP) is 1.30. The van der Waals surface area contributed by atoms with Crippen LogP contribution in [0.15, 0.2) is 0 Å². The van der Waals surface area contributed by atoms with Crippen molar-refractivity contribution in [2.75, 3.05) is 18.4 Å². The molecule has 1 aromatic heterocycles. The number of nitrogens with one attached hydrogen (secondary N) is 1. The molecule has 2 rings (SSSR count). The minimum Gasteiger partial charge on any atom is -0.341 e. The van der Waals surface area contributed by atoms with E-state index in [0.29, 0.717) is 5.95 Å². The lowest BCUT2D eigenvalue weighted by molar-refractivity contribution is -0.132. The molecule has 1 aliphatic rings. The Morgan fingerprint density at radius 2 is 1.84 bits per heavy atom. The van der Waals surface area contributed by atoms with Crippen LogP contribution in [-0.2, 0) is 4.79 Å². The molecule has 1 amide bonds. The fourth-order valence-corrected chi connectivity index (χ4v) is 2.16. The number of amides is 1. The molecule has 19 heavy (non-hydrogen) atoms. The number of nitrogens with zero attached hydrogens (tertiary/aromatic N) is 4. The van der Waals surface area contributed by atoms with Crippen molar-refractivity contribution in [3.05, 3.63) is 11.4 Å². The first-order chi connectivity index (χ1) is 9.08. The Kier molecular flexibility index (Phi) is 4.29. The minimum absolute atomic E-state index is 0.113. The summed E-state index contributed by atoms with van der Waals surface area (Å²) in [5, 5.41) is 11.0. The minimum atomic E-state index is -0.318. The van der Waals surface area contributed by atoms with Crippen LogP contribution in [0.2, 0.25) is 0 Å². The highest BCUT2D eigenvalue weighted by atomic mass is 16.2. The largest absolute Gasteiger partial charge is 0.341 e. The van der Waals surface area contributed by atoms with Crippen molar-refractivity contribution in [1.82, 2.24) is 20.1 Å². The van der Waals surface area contributed by atoms with Gasteiger partial charge in [-0.3, -0.25) is 4.79 Å². The quantitative estimate of drug-likeness (QED) is 0.890. The maximum Gasteiger partial charge on any atom is 0.244 e. The predicted molar refractivity (Wildman–Crippen MR) is 72.8 cm³/mol. The first-order valence-corrected chi connectivity index (χ1v) is 6.81. The monoisotopic (exact) mass is 263 g/mol. The van der Waals surface area contributed by atoms with E-state index < -0.39 is 0 Å². The van der Waals surface area contributed by atoms with E-state index in [0.717, 1.165) is 37.3 Å². The average molecular weight is 263 g/mol. The third-order valence-corrected chi connectivity index (χ3v) is 3.48. The number of carbonyl (C=O) groups is 1. The van der Waals surface area contributed by atoms with Gasteiger partial charge in [0.25, 0.3) is 0 Å². The highest BCUT2D eigenvalue weighted by molar-refractivity contribution is 5.83. The second kappa shape index (κ2) is 5.95. The Morgan fingerprint density at radius 1 is 1.16 bits per heavy atom. The van der Waals surface area contributed by atoms with Crippen LogP contribution in [0.5, 0.6) is 0 Å². The molecular weight excluding hydrogens is 242 g/mol. The number of aryl methyl sites for hydroxylation is 2. The zero-order chi connectivity index (χ0) is 13.8. The van der Waals surface area contributed by atoms with E-state index in [1.54, 1.807) is 0 Å². The van der Waals surface area contributed by atoms with Crippen LogP contribution in [0.1, 0.15) is 37.6 Å². The van der Waals surface area contributed by atoms with Crippen molar-refractivity contribution in [1.29, 1.82) is 0 Å². The standard InChI is InChI=1S/C13H21N5O/c1-9-10(2)16-17-13(14-9)15-11(3)12(19)18-7-5-4-6-8-18/h11H,4-8H2,1-3H3,(H,14,15,17). The van der Waals surface area contributed by atoms with Gasteiger partial charge in [0.15, 0.2) is 0 Å². The summed E-state index contributed by atoms with van der Waals surface area (Å²) in [4.78, 5) is 18.4. The van der Waals surface area contributed by atoms with E-state index in [1.165, 1.54) is 6.42 Å². The summed E-state index contributed by atoms with van der Waals surface area (Å²) < 4.78 is 0. The summed E-state index contributed by atoms with van der Waals surface area (Å²) in [5.74, 6) is 0.530. The summed E-state index contributed by atoms with van der Waals surface area (Å²) in [6.07, 6.45) is 3.41. The van der Waals surface area contributed by atoms with Gasteiger partial charge in [-0.15, -0.1) is 5.10 Å². The molecule has 1 fully saturated rings. The number of hydrogen-bond acceptors (Lipinski definition) is 5. The zero-order valence-electron chi connectivity index (χ0n) is 11.8. The molecule has 0 radical (unpaired) electrons. The fraction of sp³-hybridized carbons (Fsp3) is 0.692. The summed E-state index contributed by atoms with van der Waals surface area (Å²) in [7, 11) is 0. The van der Waals surface area contributed by atoms with Crippen LogP contribution >= 0.6 is 0 Å². The molecule has 0 aliphatic carbocycles. The van der Waals surface area contributed by atoms with E-state index in [-0.39, 0.29) is 11.9 Å². The molecule has 104 valence electrons. The van der Waals surface area contributed by atoms with E-state index in [2.05, 4.69) is 20.5 Å². The van der Waals surface area contributed by atoms with Gasteiger partial charge in [0.1, 0.15) is 6.04 Å². The number of likely N-dealkylation sites (tertiary alicyclic amines) is 1. The van der Waals surface area contributed by atoms with Crippen molar-refractivity contribution in [2.24, 2.45) is 0 Å². The Morgan fingerprint density at radius 3 is 2.47 bits per heavy atom. The van der Waals surface area contributed by atoms with Crippen LogP contribution in [0.25, 0.3) is 0 Å². The van der Waals surface area contributed by atoms with Gasteiger partial charge in [-0.1, -0.05) is 0 Å². The summed E-state index contributed by atoms with van der Waals surface area (Å²) >= 11 is 0. The Hall–Kier alpha value is -1.72. The first kappa shape index (κ1) is 13.7. The summed E-state index contributed by atoms with van der Waals surface area (Å²) in [5.41, 5.74) is 1.63. The SMILES string of the molecule is Cc1nnc(NC(C)C(=O)N2CCCCC2)nc1C. The van der Waals surface area contributed by atoms with Crippen molar-refractivity contribution >= 4 is 11.9 Å². The van der Waals surface area contributed by atoms with Crippen LogP contribution in [0.3, 0.4) is 0 Å². The molecule has 0 saturated carbocycles. The third-order valence-electron chi connectivity index (χ3n) is 3.48. The molecule has 1 atom stereocenters. The Balaban J connectivity index is 1.97. The van der Waals surface area contributed by atoms with E-state index >= 15 is 0 Å². The highest BCUT2D eigenvalue weighted by Crippen LogP contribution is 2.11. The number of hydrogen-bond donors (Lipinski definition) is 1. The van der Waals surface area contributed by atoms with Gasteiger partial charge in [-0.2, -0.15) is 5.10 Å². The van der Waals surface area contributed by atoms with Gasteiger partial charge in [-0.25, -0.2) is 4.98 Å². The topological polar surface area (TPSA) is 71.0 Å². The van der Waals surface area contributed by atoms with E-state index in [4.69, 9.17) is 0 Å². The summed E-state index contributed by atoms with van der Waals surface area (Å²) in [6.45, 7) is 7.30. The second-order valence-electron chi connectivity index (χ2n) is 5.06. The van der Waals surface area contributed by atoms with Crippen LogP contribution in [0.4, 0.5) is 5.95 Å². The molecule has 1 saturated heterocycles. The molecule has 2 heterocycles. The lowest BCUT2D eigenvalue weighted by Gasteiger charge is -2.29. The molecule has 6 heteroatoms. The van der Waals surface area contributed by atoms with Crippen LogP contribution in [0, 0.1) is 13.8 Å². The Bertz CT molecular complexity index is 456. The molecule has 0 spiro atoms. The fourth-order valence-electron chi connectivity index (χ4n) is 2.16. The van der Waals surface area contributed by atoms with Gasteiger partial charge < -0.3 is 10.2 Å². The normalized spacial score (nSPS) is 17.1. The average Bonchev–Trinajstić information content (AvgIpc) is 2.43. The van der Waals surface area contributed by atoms with Gasteiger partial charge >= 0.3 is 0 Å². The maximum absolute atomic E-state index is 12.2. The van der Waals surface area contributed by atoms with Gasteiger partial charge in [0.2, 0.25) is 11.9 Å². The molecular formula is C13H21N5O. The molecule has 1 unspecified atom stereocenters. The van der Waals surface area contributed by atoms with Crippen LogP contribution < -0.4 is 5.32 Å². The van der Waals surface area contributed by atoms with E-state index in [1.807, 2.05) is 25.7 Å². The first-order valence-electron chi connectivity index (χ1n) is 6.81. The van der Waals surface area contributed by atoms with Gasteiger partial charge in [0.05, 0.1) is 11.4 Å². The molecule has 6 nitrogen and oxygen atoms in total. The van der Waals surface area contributed by atoms with Crippen LogP contribution in [-0.4, -0.2) is 45.1 Å². The number of aromatic nitrogens is 3. The van der Waals surface area contributed by atoms with Gasteiger partial charge in [-0.05, 0) is 40.0 Å². The zero-order valence-corrected chi connectivity index (χ0v) is 11.8. The second-order valence-corrected chi connectivity index (χ2v) is 5.06. The summed E-state index contributed by atoms with van der Waals surface area (Å²) in [6, 6.07) is -0.318. The third kappa shape index (κ3) is 3.39. The number of piperidine rings is 1. The highest BCUT2D eigenvalue weighted by Gasteiger charge is 2.22. The molecule has 0 bridgehead atoms. The molecule has 1 aliphatic heterocycles. The number of carbonyl (C=O) groups excluding carboxylic acids is 1. The van der Waals surface area contributed by atoms with Crippen molar-refractivity contribution in [2.45, 2.75) is 46.1 Å². The van der Waals surface area contributed by atoms with Crippen molar-refractivity contribution < 1.29 is 4.79 Å². The molecule has 1 N–H and O–H groups in total. The lowest BCUT2D eigenvalue weighted by Crippen LogP contribution is -2.44. The number of rotatable bonds is 3. The maximum atomic E-state index is 12.2. The van der Waals surface area contributed by atoms with Crippen molar-refractivity contribution in [3.63, 3.8) is 0 Å². The molecule has 1 aromatic rings. The Labute approximate surface area is 113 Å². The number of anilines is 1. The van der Waals surface area contributed by atoms with Crippen molar-refractivity contribution in [3.8, 4) is 0 Å². The smallest absolute Gasteiger partial charge is 0.244 e. The lowest BCUT2D eigenvalue weighted by atomic mass is 10.1. The molecule has 0 aromatic carbocycles. The van der Waals surface area contributed by atoms with E-state index in [9.17, 15) is 4.79 Å².